The second kappa shape index (κ2) is 7.22. The van der Waals surface area contributed by atoms with Crippen molar-refractivity contribution in [3.05, 3.63) is 0 Å². The molecule has 2 N–H and O–H groups in total. The highest BCUT2D eigenvalue weighted by molar-refractivity contribution is 14.1. The maximum Gasteiger partial charge on any atom is 0.404 e. The highest BCUT2D eigenvalue weighted by atomic mass is 127. The Hall–Kier alpha value is -0.440. The van der Waals surface area contributed by atoms with Gasteiger partial charge in [-0.1, -0.05) is 12.8 Å². The van der Waals surface area contributed by atoms with Crippen LogP contribution in [0.15, 0.2) is 0 Å². The predicted molar refractivity (Wildman–Crippen MR) is 55.7 cm³/mol. The van der Waals surface area contributed by atoms with Gasteiger partial charge in [-0.25, -0.2) is 4.79 Å². The fourth-order valence-corrected chi connectivity index (χ4v) is 0.924. The molecular formula is C8H12INO2. The van der Waals surface area contributed by atoms with E-state index in [0.29, 0.717) is 12.5 Å². The van der Waals surface area contributed by atoms with E-state index in [1.807, 2.05) is 29.5 Å². The van der Waals surface area contributed by atoms with Gasteiger partial charge in [0.2, 0.25) is 0 Å². The van der Waals surface area contributed by atoms with Crippen LogP contribution in [0.3, 0.4) is 0 Å². The summed E-state index contributed by atoms with van der Waals surface area (Å²) in [5.74, 6) is 3.23. The number of hydrogen-bond acceptors (Lipinski definition) is 2. The first kappa shape index (κ1) is 11.6. The molecule has 0 aliphatic heterocycles. The lowest BCUT2D eigenvalue weighted by Crippen LogP contribution is -2.18. The van der Waals surface area contributed by atoms with Crippen molar-refractivity contribution in [1.82, 2.24) is 0 Å². The van der Waals surface area contributed by atoms with Crippen LogP contribution in [-0.2, 0) is 4.74 Å². The normalized spacial score (nSPS) is 11.2. The van der Waals surface area contributed by atoms with Crippen molar-refractivity contribution >= 4 is 28.7 Å². The van der Waals surface area contributed by atoms with Crippen LogP contribution in [0, 0.1) is 15.8 Å². The number of hydrogen-bond donors (Lipinski definition) is 1. The third-order valence-electron chi connectivity index (χ3n) is 1.50. The molecule has 0 aliphatic rings. The number of carbonyl (C=O) groups excluding carboxylic acids is 1. The first-order valence-electron chi connectivity index (χ1n) is 3.71. The van der Waals surface area contributed by atoms with E-state index in [9.17, 15) is 4.79 Å². The molecule has 0 rings (SSSR count). The lowest BCUT2D eigenvalue weighted by Gasteiger charge is -2.09. The van der Waals surface area contributed by atoms with Gasteiger partial charge >= 0.3 is 6.09 Å². The second-order valence-corrected chi connectivity index (χ2v) is 2.92. The number of rotatable bonds is 4. The van der Waals surface area contributed by atoms with Gasteiger partial charge < -0.3 is 10.5 Å². The molecule has 0 aromatic carbocycles. The van der Waals surface area contributed by atoms with Crippen LogP contribution in [0.4, 0.5) is 4.79 Å². The second-order valence-electron chi connectivity index (χ2n) is 2.38. The number of nitrogens with two attached hydrogens (primary N) is 1. The molecule has 4 heteroatoms. The van der Waals surface area contributed by atoms with Crippen LogP contribution in [0.2, 0.25) is 0 Å². The Balaban J connectivity index is 3.64. The van der Waals surface area contributed by atoms with Crippen molar-refractivity contribution < 1.29 is 9.53 Å². The summed E-state index contributed by atoms with van der Waals surface area (Å²) in [5.41, 5.74) is 4.83. The van der Waals surface area contributed by atoms with E-state index in [-0.39, 0.29) is 0 Å². The average molecular weight is 281 g/mol. The van der Waals surface area contributed by atoms with E-state index in [4.69, 9.17) is 5.73 Å². The smallest absolute Gasteiger partial charge is 0.404 e. The van der Waals surface area contributed by atoms with Crippen molar-refractivity contribution in [2.24, 2.45) is 11.7 Å². The molecule has 12 heavy (non-hydrogen) atoms. The Morgan fingerprint density at radius 1 is 1.75 bits per heavy atom. The third kappa shape index (κ3) is 6.28. The van der Waals surface area contributed by atoms with Crippen molar-refractivity contribution in [2.75, 3.05) is 6.61 Å². The first-order valence-corrected chi connectivity index (χ1v) is 4.79. The first-order chi connectivity index (χ1) is 5.70. The topological polar surface area (TPSA) is 52.3 Å². The van der Waals surface area contributed by atoms with E-state index >= 15 is 0 Å². The van der Waals surface area contributed by atoms with Crippen molar-refractivity contribution in [3.63, 3.8) is 0 Å². The van der Waals surface area contributed by atoms with Gasteiger partial charge in [0.15, 0.2) is 0 Å². The Labute approximate surface area is 86.2 Å². The van der Waals surface area contributed by atoms with Gasteiger partial charge in [0, 0.05) is 34.9 Å². The van der Waals surface area contributed by atoms with Crippen molar-refractivity contribution in [2.45, 2.75) is 19.8 Å². The molecule has 1 unspecified atom stereocenters. The Kier molecular flexibility index (Phi) is 6.96. The molecule has 0 saturated carbocycles. The maximum atomic E-state index is 10.3. The van der Waals surface area contributed by atoms with Crippen molar-refractivity contribution in [3.8, 4) is 9.85 Å². The number of ether oxygens (including phenoxy) is 1. The number of primary amides is 1. The van der Waals surface area contributed by atoms with Crippen LogP contribution in [0.5, 0.6) is 0 Å². The monoisotopic (exact) mass is 281 g/mol. The van der Waals surface area contributed by atoms with Gasteiger partial charge in [-0.3, -0.25) is 0 Å². The lowest BCUT2D eigenvalue weighted by atomic mass is 10.0. The highest BCUT2D eigenvalue weighted by Crippen LogP contribution is 2.07. The van der Waals surface area contributed by atoms with E-state index in [0.717, 1.165) is 12.8 Å². The quantitative estimate of drug-likeness (QED) is 0.632. The lowest BCUT2D eigenvalue weighted by molar-refractivity contribution is 0.136. The van der Waals surface area contributed by atoms with Gasteiger partial charge in [-0.2, -0.15) is 0 Å². The van der Waals surface area contributed by atoms with Gasteiger partial charge in [-0.15, -0.1) is 0 Å². The third-order valence-corrected chi connectivity index (χ3v) is 1.88. The molecule has 0 saturated heterocycles. The molecule has 0 spiro atoms. The van der Waals surface area contributed by atoms with E-state index in [1.54, 1.807) is 0 Å². The summed E-state index contributed by atoms with van der Waals surface area (Å²) in [5, 5.41) is 0. The van der Waals surface area contributed by atoms with Gasteiger partial charge in [-0.05, 0) is 10.3 Å². The Morgan fingerprint density at radius 3 is 2.83 bits per heavy atom. The van der Waals surface area contributed by atoms with Crippen LogP contribution in [0.25, 0.3) is 0 Å². The molecule has 0 aromatic heterocycles. The fraction of sp³-hybridized carbons (Fsp3) is 0.625. The summed E-state index contributed by atoms with van der Waals surface area (Å²) in [7, 11) is 0. The Bertz CT molecular complexity index is 195. The zero-order valence-corrected chi connectivity index (χ0v) is 9.13. The average Bonchev–Trinajstić information content (AvgIpc) is 2.05. The predicted octanol–water partition coefficient (Wildman–Crippen LogP) is 1.89. The standard InChI is InChI=1S/C8H12INO2/c1-2-7(4-3-5-9)6-12-8(10)11/h7H,2,4,6H2,1H3,(H2,10,11). The van der Waals surface area contributed by atoms with Gasteiger partial charge in [0.05, 0.1) is 6.61 Å². The van der Waals surface area contributed by atoms with E-state index < -0.39 is 6.09 Å². The van der Waals surface area contributed by atoms with Crippen LogP contribution in [0.1, 0.15) is 19.8 Å². The largest absolute Gasteiger partial charge is 0.449 e. The molecule has 0 aliphatic carbocycles. The summed E-state index contributed by atoms with van der Waals surface area (Å²) in [6.07, 6.45) is 0.988. The molecule has 1 amide bonds. The summed E-state index contributed by atoms with van der Waals surface area (Å²) >= 11 is 1.99. The summed E-state index contributed by atoms with van der Waals surface area (Å²) in [6, 6.07) is 0. The molecule has 0 bridgehead atoms. The molecule has 0 fully saturated rings. The fourth-order valence-electron chi connectivity index (χ4n) is 0.704. The number of halogens is 1. The summed E-state index contributed by atoms with van der Waals surface area (Å²) in [4.78, 5) is 10.3. The van der Waals surface area contributed by atoms with Crippen molar-refractivity contribution in [1.29, 1.82) is 0 Å². The zero-order chi connectivity index (χ0) is 9.40. The molecule has 1 atom stereocenters. The molecule has 0 aromatic rings. The van der Waals surface area contributed by atoms with Gasteiger partial charge in [0.1, 0.15) is 0 Å². The molecular weight excluding hydrogens is 269 g/mol. The van der Waals surface area contributed by atoms with Crippen LogP contribution >= 0.6 is 22.6 Å². The molecule has 0 radical (unpaired) electrons. The number of carbonyl (C=O) groups is 1. The molecule has 0 heterocycles. The molecule has 3 nitrogen and oxygen atoms in total. The zero-order valence-electron chi connectivity index (χ0n) is 6.97. The minimum Gasteiger partial charge on any atom is -0.449 e. The minimum atomic E-state index is -0.712. The van der Waals surface area contributed by atoms with E-state index in [2.05, 4.69) is 14.6 Å². The molecule has 68 valence electrons. The summed E-state index contributed by atoms with van der Waals surface area (Å²) < 4.78 is 7.43. The summed E-state index contributed by atoms with van der Waals surface area (Å²) in [6.45, 7) is 2.40. The minimum absolute atomic E-state index is 0.305. The highest BCUT2D eigenvalue weighted by Gasteiger charge is 2.06. The van der Waals surface area contributed by atoms with Crippen LogP contribution < -0.4 is 5.73 Å². The van der Waals surface area contributed by atoms with E-state index in [1.165, 1.54) is 0 Å². The van der Waals surface area contributed by atoms with Gasteiger partial charge in [0.25, 0.3) is 0 Å². The number of amides is 1. The SMILES string of the molecule is CCC(CC#CI)COC(N)=O. The maximum absolute atomic E-state index is 10.3. The van der Waals surface area contributed by atoms with Crippen LogP contribution in [-0.4, -0.2) is 12.7 Å². The Morgan fingerprint density at radius 2 is 2.42 bits per heavy atom.